The summed E-state index contributed by atoms with van der Waals surface area (Å²) in [5.74, 6) is -0.836. The zero-order chi connectivity index (χ0) is 25.4. The topological polar surface area (TPSA) is 106 Å². The summed E-state index contributed by atoms with van der Waals surface area (Å²) in [7, 11) is 0. The molecule has 5 rings (SSSR count). The van der Waals surface area contributed by atoms with Crippen LogP contribution in [-0.4, -0.2) is 19.6 Å². The number of phenolic OH excluding ortho intramolecular Hbond substituents is 1. The van der Waals surface area contributed by atoms with Gasteiger partial charge in [0.25, 0.3) is 5.56 Å². The minimum absolute atomic E-state index is 0.0329. The number of rotatable bonds is 5. The number of pyridine rings is 1. The Morgan fingerprint density at radius 2 is 1.86 bits per heavy atom. The van der Waals surface area contributed by atoms with Gasteiger partial charge in [-0.05, 0) is 54.3 Å². The number of para-hydroxylation sites is 1. The van der Waals surface area contributed by atoms with Crippen LogP contribution < -0.4 is 16.6 Å². The lowest BCUT2D eigenvalue weighted by Gasteiger charge is -2.22. The summed E-state index contributed by atoms with van der Waals surface area (Å²) in [5, 5.41) is 14.7. The van der Waals surface area contributed by atoms with Crippen molar-refractivity contribution in [3.63, 3.8) is 0 Å². The van der Waals surface area contributed by atoms with Crippen molar-refractivity contribution in [3.05, 3.63) is 106 Å². The molecule has 0 aliphatic heterocycles. The number of halogens is 2. The monoisotopic (exact) mass is 501 g/mol. The van der Waals surface area contributed by atoms with Gasteiger partial charge < -0.3 is 16.2 Å². The van der Waals surface area contributed by atoms with Crippen molar-refractivity contribution in [2.24, 2.45) is 0 Å². The molecule has 0 saturated heterocycles. The standard InChI is InChI=1S/C27H21ClFN5O2/c1-15(32-25-19(14-31-27(30)33-25)16-10-11-21(29)23(35)13-16)22-12-17-6-5-9-20(28)24(17)26(36)34(22)18-7-3-2-4-8-18/h2-15,35H,1H3,(H3,30,31,32,33)/t15-/m0/s1. The van der Waals surface area contributed by atoms with Crippen molar-refractivity contribution in [2.45, 2.75) is 13.0 Å². The third-order valence-electron chi connectivity index (χ3n) is 5.90. The number of hydrogen-bond donors (Lipinski definition) is 3. The molecule has 36 heavy (non-hydrogen) atoms. The minimum atomic E-state index is -0.736. The van der Waals surface area contributed by atoms with Gasteiger partial charge in [-0.15, -0.1) is 0 Å². The maximum absolute atomic E-state index is 13.7. The molecule has 0 amide bonds. The maximum Gasteiger partial charge on any atom is 0.264 e. The number of anilines is 2. The molecular formula is C27H21ClFN5O2. The van der Waals surface area contributed by atoms with Crippen LogP contribution in [0.25, 0.3) is 27.6 Å². The lowest BCUT2D eigenvalue weighted by molar-refractivity contribution is 0.433. The predicted molar refractivity (Wildman–Crippen MR) is 140 cm³/mol. The van der Waals surface area contributed by atoms with Gasteiger partial charge in [-0.2, -0.15) is 4.98 Å². The molecule has 0 spiro atoms. The highest BCUT2D eigenvalue weighted by Crippen LogP contribution is 2.33. The van der Waals surface area contributed by atoms with Crippen molar-refractivity contribution >= 4 is 34.1 Å². The van der Waals surface area contributed by atoms with Crippen molar-refractivity contribution in [2.75, 3.05) is 11.1 Å². The quantitative estimate of drug-likeness (QED) is 0.285. The van der Waals surface area contributed by atoms with Crippen LogP contribution in [0.2, 0.25) is 5.02 Å². The average molecular weight is 502 g/mol. The molecule has 7 nitrogen and oxygen atoms in total. The van der Waals surface area contributed by atoms with E-state index in [1.807, 2.05) is 49.4 Å². The van der Waals surface area contributed by atoms with Crippen LogP contribution in [0.4, 0.5) is 16.2 Å². The third-order valence-corrected chi connectivity index (χ3v) is 6.22. The highest BCUT2D eigenvalue weighted by Gasteiger charge is 2.20. The van der Waals surface area contributed by atoms with E-state index in [9.17, 15) is 14.3 Å². The normalized spacial score (nSPS) is 12.0. The molecule has 0 unspecified atom stereocenters. The smallest absolute Gasteiger partial charge is 0.264 e. The molecule has 0 aliphatic rings. The summed E-state index contributed by atoms with van der Waals surface area (Å²) in [6.07, 6.45) is 1.49. The Bertz CT molecular complexity index is 1660. The van der Waals surface area contributed by atoms with Crippen LogP contribution in [0.3, 0.4) is 0 Å². The van der Waals surface area contributed by atoms with E-state index >= 15 is 0 Å². The molecule has 9 heteroatoms. The first kappa shape index (κ1) is 23.3. The first-order valence-corrected chi connectivity index (χ1v) is 11.5. The van der Waals surface area contributed by atoms with Gasteiger partial charge in [-0.25, -0.2) is 9.37 Å². The Labute approximate surface area is 210 Å². The van der Waals surface area contributed by atoms with Crippen LogP contribution >= 0.6 is 11.6 Å². The zero-order valence-electron chi connectivity index (χ0n) is 19.1. The van der Waals surface area contributed by atoms with Gasteiger partial charge in [0, 0.05) is 23.1 Å². The maximum atomic E-state index is 13.7. The van der Waals surface area contributed by atoms with E-state index in [0.29, 0.717) is 44.1 Å². The fraction of sp³-hybridized carbons (Fsp3) is 0.0741. The van der Waals surface area contributed by atoms with Crippen LogP contribution in [0.5, 0.6) is 5.75 Å². The number of nitrogen functional groups attached to an aromatic ring is 1. The summed E-state index contributed by atoms with van der Waals surface area (Å²) in [6, 6.07) is 20.0. The number of hydrogen-bond acceptors (Lipinski definition) is 6. The second-order valence-corrected chi connectivity index (χ2v) is 8.68. The minimum Gasteiger partial charge on any atom is -0.505 e. The lowest BCUT2D eigenvalue weighted by atomic mass is 10.1. The fourth-order valence-electron chi connectivity index (χ4n) is 4.18. The molecule has 1 atom stereocenters. The highest BCUT2D eigenvalue weighted by molar-refractivity contribution is 6.35. The molecule has 0 aliphatic carbocycles. The SMILES string of the molecule is C[C@H](Nc1nc(N)ncc1-c1ccc(F)c(O)c1)c1cc2cccc(Cl)c2c(=O)n1-c1ccccc1. The number of nitrogens with one attached hydrogen (secondary N) is 1. The van der Waals surface area contributed by atoms with Gasteiger partial charge >= 0.3 is 0 Å². The van der Waals surface area contributed by atoms with Crippen molar-refractivity contribution in [1.29, 1.82) is 0 Å². The Morgan fingerprint density at radius 1 is 1.08 bits per heavy atom. The Hall–Kier alpha value is -4.43. The summed E-state index contributed by atoms with van der Waals surface area (Å²) >= 11 is 6.41. The van der Waals surface area contributed by atoms with Crippen LogP contribution in [0, 0.1) is 5.82 Å². The fourth-order valence-corrected chi connectivity index (χ4v) is 4.44. The van der Waals surface area contributed by atoms with E-state index < -0.39 is 17.6 Å². The number of aromatic hydroxyl groups is 1. The van der Waals surface area contributed by atoms with Crippen LogP contribution in [0.1, 0.15) is 18.7 Å². The molecular weight excluding hydrogens is 481 g/mol. The van der Waals surface area contributed by atoms with Crippen LogP contribution in [0.15, 0.2) is 83.8 Å². The van der Waals surface area contributed by atoms with E-state index in [4.69, 9.17) is 17.3 Å². The number of phenols is 1. The Kier molecular flexibility index (Phi) is 6.03. The number of fused-ring (bicyclic) bond motifs is 1. The zero-order valence-corrected chi connectivity index (χ0v) is 19.9. The molecule has 0 fully saturated rings. The largest absolute Gasteiger partial charge is 0.505 e. The first-order valence-electron chi connectivity index (χ1n) is 11.1. The van der Waals surface area contributed by atoms with Gasteiger partial charge in [0.2, 0.25) is 5.95 Å². The predicted octanol–water partition coefficient (Wildman–Crippen LogP) is 5.70. The van der Waals surface area contributed by atoms with Gasteiger partial charge in [0.05, 0.1) is 16.5 Å². The van der Waals surface area contributed by atoms with E-state index in [1.165, 1.54) is 18.3 Å². The molecule has 5 aromatic rings. The molecule has 4 N–H and O–H groups in total. The van der Waals surface area contributed by atoms with E-state index in [0.717, 1.165) is 6.07 Å². The van der Waals surface area contributed by atoms with Gasteiger partial charge in [0.15, 0.2) is 11.6 Å². The van der Waals surface area contributed by atoms with Crippen molar-refractivity contribution in [3.8, 4) is 22.6 Å². The second-order valence-electron chi connectivity index (χ2n) is 8.27. The molecule has 3 aromatic carbocycles. The van der Waals surface area contributed by atoms with Crippen LogP contribution in [-0.2, 0) is 0 Å². The summed E-state index contributed by atoms with van der Waals surface area (Å²) in [4.78, 5) is 22.1. The number of aromatic nitrogens is 3. The molecule has 2 aromatic heterocycles. The highest BCUT2D eigenvalue weighted by atomic mass is 35.5. The summed E-state index contributed by atoms with van der Waals surface area (Å²) in [6.45, 7) is 1.88. The molecule has 0 bridgehead atoms. The van der Waals surface area contributed by atoms with Gasteiger partial charge in [0.1, 0.15) is 5.82 Å². The Balaban J connectivity index is 1.66. The number of nitrogens with zero attached hydrogens (tertiary/aromatic N) is 3. The Morgan fingerprint density at radius 3 is 2.61 bits per heavy atom. The number of nitrogens with two attached hydrogens (primary N) is 1. The van der Waals surface area contributed by atoms with Crippen molar-refractivity contribution < 1.29 is 9.50 Å². The number of benzene rings is 3. The summed E-state index contributed by atoms with van der Waals surface area (Å²) < 4.78 is 15.3. The first-order chi connectivity index (χ1) is 17.3. The second kappa shape index (κ2) is 9.31. The van der Waals surface area contributed by atoms with E-state index in [2.05, 4.69) is 15.3 Å². The third kappa shape index (κ3) is 4.23. The van der Waals surface area contributed by atoms with Gasteiger partial charge in [-0.1, -0.05) is 48.0 Å². The van der Waals surface area contributed by atoms with Crippen molar-refractivity contribution in [1.82, 2.24) is 14.5 Å². The molecule has 180 valence electrons. The summed E-state index contributed by atoms with van der Waals surface area (Å²) in [5.41, 5.74) is 7.95. The molecule has 0 radical (unpaired) electrons. The molecule has 2 heterocycles. The molecule has 0 saturated carbocycles. The van der Waals surface area contributed by atoms with E-state index in [-0.39, 0.29) is 11.5 Å². The average Bonchev–Trinajstić information content (AvgIpc) is 2.86. The van der Waals surface area contributed by atoms with Gasteiger partial charge in [-0.3, -0.25) is 9.36 Å². The lowest BCUT2D eigenvalue weighted by Crippen LogP contribution is -2.26. The van der Waals surface area contributed by atoms with E-state index in [1.54, 1.807) is 16.7 Å².